The lowest BCUT2D eigenvalue weighted by atomic mass is 10.0. The van der Waals surface area contributed by atoms with Crippen molar-refractivity contribution in [3.05, 3.63) is 83.8 Å². The number of carbonyl (C=O) groups is 1. The number of hydrogen-bond acceptors (Lipinski definition) is 8. The van der Waals surface area contributed by atoms with Crippen molar-refractivity contribution in [2.75, 3.05) is 26.2 Å². The van der Waals surface area contributed by atoms with Crippen molar-refractivity contribution in [1.29, 1.82) is 0 Å². The molecule has 174 valence electrons. The quantitative estimate of drug-likeness (QED) is 0.368. The van der Waals surface area contributed by atoms with Crippen molar-refractivity contribution in [2.24, 2.45) is 0 Å². The predicted octanol–water partition coefficient (Wildman–Crippen LogP) is 4.37. The van der Waals surface area contributed by atoms with Crippen LogP contribution >= 0.6 is 11.3 Å². The number of thiophene rings is 1. The number of carbonyl (C=O) groups excluding carboxylic acids is 1. The monoisotopic (exact) mass is 482 g/mol. The van der Waals surface area contributed by atoms with E-state index in [2.05, 4.69) is 20.0 Å². The molecule has 1 aliphatic heterocycles. The Hall–Kier alpha value is -3.95. The number of piperazine rings is 1. The second-order valence-corrected chi connectivity index (χ2v) is 9.31. The molecule has 5 heterocycles. The molecule has 5 aromatic rings. The summed E-state index contributed by atoms with van der Waals surface area (Å²) in [6.07, 6.45) is 3.47. The zero-order chi connectivity index (χ0) is 23.6. The zero-order valence-electron chi connectivity index (χ0n) is 18.9. The van der Waals surface area contributed by atoms with Crippen molar-refractivity contribution >= 4 is 28.1 Å². The molecule has 4 aromatic heterocycles. The second kappa shape index (κ2) is 9.36. The van der Waals surface area contributed by atoms with Crippen LogP contribution in [0.25, 0.3) is 32.9 Å². The summed E-state index contributed by atoms with van der Waals surface area (Å²) in [5.74, 6) is 1.24. The highest BCUT2D eigenvalue weighted by atomic mass is 32.1. The highest BCUT2D eigenvalue weighted by Crippen LogP contribution is 2.26. The molecule has 0 unspecified atom stereocenters. The third-order valence-corrected chi connectivity index (χ3v) is 7.02. The van der Waals surface area contributed by atoms with E-state index in [1.54, 1.807) is 23.7 Å². The molecule has 0 atom stereocenters. The number of fused-ring (bicyclic) bond motifs is 1. The third-order valence-electron chi connectivity index (χ3n) is 6.15. The van der Waals surface area contributed by atoms with Crippen molar-refractivity contribution in [1.82, 2.24) is 29.9 Å². The summed E-state index contributed by atoms with van der Waals surface area (Å²) >= 11 is 1.59. The number of para-hydroxylation sites is 1. The molecule has 9 heteroatoms. The summed E-state index contributed by atoms with van der Waals surface area (Å²) in [4.78, 5) is 32.2. The van der Waals surface area contributed by atoms with Crippen molar-refractivity contribution in [2.45, 2.75) is 6.54 Å². The molecule has 8 nitrogen and oxygen atoms in total. The molecule has 0 radical (unpaired) electrons. The molecule has 6 rings (SSSR count). The number of benzene rings is 1. The van der Waals surface area contributed by atoms with Gasteiger partial charge >= 0.3 is 0 Å². The molecule has 0 N–H and O–H groups in total. The first-order valence-corrected chi connectivity index (χ1v) is 12.3. The molecular weight excluding hydrogens is 460 g/mol. The van der Waals surface area contributed by atoms with Gasteiger partial charge in [0.15, 0.2) is 0 Å². The first kappa shape index (κ1) is 21.6. The number of aromatic nitrogens is 4. The van der Waals surface area contributed by atoms with E-state index >= 15 is 0 Å². The average Bonchev–Trinajstić information content (AvgIpc) is 3.61. The van der Waals surface area contributed by atoms with Gasteiger partial charge in [-0.05, 0) is 35.7 Å². The minimum atomic E-state index is 0.0244. The Morgan fingerprint density at radius 3 is 2.60 bits per heavy atom. The fourth-order valence-electron chi connectivity index (χ4n) is 4.32. The summed E-state index contributed by atoms with van der Waals surface area (Å²) in [6.45, 7) is 3.31. The first-order chi connectivity index (χ1) is 17.2. The van der Waals surface area contributed by atoms with E-state index in [4.69, 9.17) is 9.51 Å². The lowest BCUT2D eigenvalue weighted by molar-refractivity contribution is 0.0617. The van der Waals surface area contributed by atoms with Crippen LogP contribution < -0.4 is 0 Å². The maximum Gasteiger partial charge on any atom is 0.254 e. The number of pyridine rings is 2. The minimum Gasteiger partial charge on any atom is -0.338 e. The Morgan fingerprint density at radius 1 is 0.971 bits per heavy atom. The Kier molecular flexibility index (Phi) is 5.77. The Bertz CT molecular complexity index is 1460. The van der Waals surface area contributed by atoms with Crippen molar-refractivity contribution in [3.63, 3.8) is 0 Å². The molecule has 0 spiro atoms. The van der Waals surface area contributed by atoms with Gasteiger partial charge in [-0.1, -0.05) is 29.4 Å². The largest absolute Gasteiger partial charge is 0.338 e. The molecule has 1 aromatic carbocycles. The fraction of sp³-hybridized carbons (Fsp3) is 0.192. The van der Waals surface area contributed by atoms with E-state index < -0.39 is 0 Å². The number of rotatable bonds is 5. The number of nitrogens with zero attached hydrogens (tertiary/aromatic N) is 6. The lowest BCUT2D eigenvalue weighted by Crippen LogP contribution is -2.48. The van der Waals surface area contributed by atoms with Gasteiger partial charge in [0.2, 0.25) is 11.7 Å². The van der Waals surface area contributed by atoms with E-state index in [-0.39, 0.29) is 5.91 Å². The number of hydrogen-bond donors (Lipinski definition) is 0. The Labute approximate surface area is 205 Å². The van der Waals surface area contributed by atoms with Crippen LogP contribution in [0.15, 0.2) is 76.9 Å². The normalized spacial score (nSPS) is 14.5. The van der Waals surface area contributed by atoms with Crippen molar-refractivity contribution < 1.29 is 9.32 Å². The minimum absolute atomic E-state index is 0.0244. The molecule has 0 saturated carbocycles. The van der Waals surface area contributed by atoms with Gasteiger partial charge in [0.1, 0.15) is 0 Å². The smallest absolute Gasteiger partial charge is 0.254 e. The summed E-state index contributed by atoms with van der Waals surface area (Å²) in [5, 5.41) is 6.95. The average molecular weight is 483 g/mol. The van der Waals surface area contributed by atoms with Gasteiger partial charge in [-0.3, -0.25) is 14.7 Å². The van der Waals surface area contributed by atoms with Gasteiger partial charge in [-0.25, -0.2) is 4.98 Å². The lowest BCUT2D eigenvalue weighted by Gasteiger charge is -2.34. The highest BCUT2D eigenvalue weighted by Gasteiger charge is 2.25. The van der Waals surface area contributed by atoms with Crippen LogP contribution in [0.1, 0.15) is 16.2 Å². The van der Waals surface area contributed by atoms with E-state index in [0.29, 0.717) is 36.9 Å². The summed E-state index contributed by atoms with van der Waals surface area (Å²) in [5.41, 5.74) is 3.19. The first-order valence-electron chi connectivity index (χ1n) is 11.4. The Balaban J connectivity index is 1.18. The topological polar surface area (TPSA) is 88.3 Å². The molecule has 0 bridgehead atoms. The van der Waals surface area contributed by atoms with Gasteiger partial charge in [0, 0.05) is 49.5 Å². The third kappa shape index (κ3) is 4.43. The van der Waals surface area contributed by atoms with Gasteiger partial charge in [-0.15, -0.1) is 11.3 Å². The van der Waals surface area contributed by atoms with Crippen LogP contribution in [-0.4, -0.2) is 62.0 Å². The summed E-state index contributed by atoms with van der Waals surface area (Å²) in [7, 11) is 0. The van der Waals surface area contributed by atoms with Crippen molar-refractivity contribution in [3.8, 4) is 22.0 Å². The van der Waals surface area contributed by atoms with E-state index in [1.807, 2.05) is 64.9 Å². The zero-order valence-corrected chi connectivity index (χ0v) is 19.7. The van der Waals surface area contributed by atoms with Crippen LogP contribution in [0.4, 0.5) is 0 Å². The van der Waals surface area contributed by atoms with Gasteiger partial charge < -0.3 is 9.42 Å². The predicted molar refractivity (Wildman–Crippen MR) is 134 cm³/mol. The SMILES string of the molecule is O=C(c1cc(-c2ccncc2)nc2ccccc12)N1CCN(Cc2nc(-c3cccs3)no2)CC1. The molecule has 35 heavy (non-hydrogen) atoms. The van der Waals surface area contributed by atoms with Crippen LogP contribution in [0.2, 0.25) is 0 Å². The number of amides is 1. The fourth-order valence-corrected chi connectivity index (χ4v) is 4.97. The van der Waals surface area contributed by atoms with Crippen LogP contribution in [0.3, 0.4) is 0 Å². The van der Waals surface area contributed by atoms with Crippen LogP contribution in [0, 0.1) is 0 Å². The van der Waals surface area contributed by atoms with Crippen LogP contribution in [0.5, 0.6) is 0 Å². The molecule has 1 saturated heterocycles. The van der Waals surface area contributed by atoms with Crippen LogP contribution in [-0.2, 0) is 6.54 Å². The van der Waals surface area contributed by atoms with Gasteiger partial charge in [-0.2, -0.15) is 4.98 Å². The van der Waals surface area contributed by atoms with Gasteiger partial charge in [0.25, 0.3) is 5.91 Å². The molecular formula is C26H22N6O2S. The maximum atomic E-state index is 13.6. The summed E-state index contributed by atoms with van der Waals surface area (Å²) < 4.78 is 5.45. The second-order valence-electron chi connectivity index (χ2n) is 8.37. The van der Waals surface area contributed by atoms with Gasteiger partial charge in [0.05, 0.1) is 28.2 Å². The highest BCUT2D eigenvalue weighted by molar-refractivity contribution is 7.13. The summed E-state index contributed by atoms with van der Waals surface area (Å²) in [6, 6.07) is 17.5. The molecule has 1 amide bonds. The van der Waals surface area contributed by atoms with E-state index in [9.17, 15) is 4.79 Å². The van der Waals surface area contributed by atoms with E-state index in [1.165, 1.54) is 0 Å². The molecule has 1 fully saturated rings. The standard InChI is InChI=1S/C26H22N6O2S/c33-26(20-16-22(18-7-9-27-10-8-18)28-21-5-2-1-4-19(20)21)32-13-11-31(12-14-32)17-24-29-25(30-34-24)23-6-3-15-35-23/h1-10,15-16H,11-14,17H2. The maximum absolute atomic E-state index is 13.6. The molecule has 1 aliphatic rings. The van der Waals surface area contributed by atoms with E-state index in [0.717, 1.165) is 40.1 Å². The Morgan fingerprint density at radius 2 is 1.80 bits per heavy atom. The molecule has 0 aliphatic carbocycles.